The van der Waals surface area contributed by atoms with E-state index in [1.165, 1.54) is 0 Å². The third kappa shape index (κ3) is 3.61. The molecule has 0 unspecified atom stereocenters. The fourth-order valence-corrected chi connectivity index (χ4v) is 3.80. The number of aromatic nitrogens is 1. The standard InChI is InChI=1S/C25H21NO5/c1-3-30-24(28)21(25(29)31-4-2)23(27)20-17-11-7-8-12-19(17)26-22-16-10-6-5-9-15(16)13-14-18(20)22/h5-14,21H,3-4H2,1-2H3. The lowest BCUT2D eigenvalue weighted by Gasteiger charge is -2.17. The maximum Gasteiger partial charge on any atom is 0.328 e. The quantitative estimate of drug-likeness (QED) is 0.152. The van der Waals surface area contributed by atoms with Gasteiger partial charge in [-0.3, -0.25) is 14.4 Å². The maximum absolute atomic E-state index is 13.7. The van der Waals surface area contributed by atoms with Crippen LogP contribution in [0.5, 0.6) is 0 Å². The van der Waals surface area contributed by atoms with Crippen LogP contribution in [0.25, 0.3) is 32.6 Å². The van der Waals surface area contributed by atoms with Crippen molar-refractivity contribution in [3.8, 4) is 0 Å². The van der Waals surface area contributed by atoms with Crippen molar-refractivity contribution < 1.29 is 23.9 Å². The lowest BCUT2D eigenvalue weighted by atomic mass is 9.90. The summed E-state index contributed by atoms with van der Waals surface area (Å²) in [5.74, 6) is -4.18. The Kier molecular flexibility index (Phi) is 5.62. The third-order valence-electron chi connectivity index (χ3n) is 5.13. The number of hydrogen-bond donors (Lipinski definition) is 0. The summed E-state index contributed by atoms with van der Waals surface area (Å²) in [6.07, 6.45) is 0. The van der Waals surface area contributed by atoms with Gasteiger partial charge in [-0.05, 0) is 25.3 Å². The summed E-state index contributed by atoms with van der Waals surface area (Å²) in [6, 6.07) is 18.6. The Morgan fingerprint density at radius 3 is 2.06 bits per heavy atom. The first-order valence-corrected chi connectivity index (χ1v) is 10.1. The molecule has 0 aliphatic rings. The summed E-state index contributed by atoms with van der Waals surface area (Å²) in [4.78, 5) is 43.7. The van der Waals surface area contributed by atoms with Crippen LogP contribution < -0.4 is 0 Å². The number of carbonyl (C=O) groups excluding carboxylic acids is 3. The fourth-order valence-electron chi connectivity index (χ4n) is 3.80. The van der Waals surface area contributed by atoms with E-state index in [1.54, 1.807) is 38.1 Å². The SMILES string of the molecule is CCOC(=O)C(C(=O)OCC)C(=O)c1c2ccccc2nc2c1ccc1ccccc12. The van der Waals surface area contributed by atoms with E-state index in [9.17, 15) is 14.4 Å². The maximum atomic E-state index is 13.7. The Bertz CT molecular complexity index is 1310. The number of benzene rings is 3. The normalized spacial score (nSPS) is 11.2. The van der Waals surface area contributed by atoms with Crippen LogP contribution in [-0.2, 0) is 19.1 Å². The smallest absolute Gasteiger partial charge is 0.328 e. The van der Waals surface area contributed by atoms with Gasteiger partial charge >= 0.3 is 11.9 Å². The number of ketones is 1. The van der Waals surface area contributed by atoms with E-state index < -0.39 is 23.6 Å². The van der Waals surface area contributed by atoms with Crippen molar-refractivity contribution in [2.24, 2.45) is 5.92 Å². The first kappa shape index (κ1) is 20.5. The lowest BCUT2D eigenvalue weighted by molar-refractivity contribution is -0.158. The number of Topliss-reactive ketones (excluding diaryl/α,β-unsaturated/α-hetero) is 1. The summed E-state index contributed by atoms with van der Waals surface area (Å²) < 4.78 is 10.1. The van der Waals surface area contributed by atoms with Crippen molar-refractivity contribution in [2.75, 3.05) is 13.2 Å². The Morgan fingerprint density at radius 2 is 1.39 bits per heavy atom. The Labute approximate surface area is 178 Å². The van der Waals surface area contributed by atoms with E-state index in [1.807, 2.05) is 36.4 Å². The largest absolute Gasteiger partial charge is 0.465 e. The molecule has 1 aromatic heterocycles. The van der Waals surface area contributed by atoms with Crippen molar-refractivity contribution in [3.63, 3.8) is 0 Å². The van der Waals surface area contributed by atoms with Crippen molar-refractivity contribution in [2.45, 2.75) is 13.8 Å². The number of fused-ring (bicyclic) bond motifs is 4. The predicted octanol–water partition coefficient (Wildman–Crippen LogP) is 4.47. The van der Waals surface area contributed by atoms with Crippen LogP contribution in [-0.4, -0.2) is 35.9 Å². The van der Waals surface area contributed by atoms with Crippen LogP contribution >= 0.6 is 0 Å². The molecule has 1 heterocycles. The summed E-state index contributed by atoms with van der Waals surface area (Å²) in [5, 5.41) is 2.99. The summed E-state index contributed by atoms with van der Waals surface area (Å²) >= 11 is 0. The van der Waals surface area contributed by atoms with Gasteiger partial charge < -0.3 is 9.47 Å². The highest BCUT2D eigenvalue weighted by atomic mass is 16.6. The molecule has 0 aliphatic heterocycles. The second kappa shape index (κ2) is 8.52. The third-order valence-corrected chi connectivity index (χ3v) is 5.13. The van der Waals surface area contributed by atoms with Gasteiger partial charge in [0, 0.05) is 21.7 Å². The van der Waals surface area contributed by atoms with Crippen molar-refractivity contribution in [3.05, 3.63) is 66.2 Å². The highest BCUT2D eigenvalue weighted by Gasteiger charge is 2.39. The molecule has 0 atom stereocenters. The number of esters is 2. The van der Waals surface area contributed by atoms with Crippen LogP contribution in [0.15, 0.2) is 60.7 Å². The van der Waals surface area contributed by atoms with Crippen molar-refractivity contribution in [1.82, 2.24) is 4.98 Å². The monoisotopic (exact) mass is 415 g/mol. The molecule has 4 aromatic rings. The molecule has 0 saturated carbocycles. The topological polar surface area (TPSA) is 82.6 Å². The fraction of sp³-hybridized carbons (Fsp3) is 0.200. The van der Waals surface area contributed by atoms with Crippen LogP contribution in [0.4, 0.5) is 0 Å². The molecule has 6 nitrogen and oxygen atoms in total. The average Bonchev–Trinajstić information content (AvgIpc) is 2.77. The van der Waals surface area contributed by atoms with Crippen LogP contribution in [0.3, 0.4) is 0 Å². The van der Waals surface area contributed by atoms with Gasteiger partial charge in [0.2, 0.25) is 5.92 Å². The van der Waals surface area contributed by atoms with Gasteiger partial charge in [-0.1, -0.05) is 54.6 Å². The van der Waals surface area contributed by atoms with E-state index in [0.717, 1.165) is 10.8 Å². The van der Waals surface area contributed by atoms with E-state index >= 15 is 0 Å². The Hall–Kier alpha value is -3.80. The van der Waals surface area contributed by atoms with Gasteiger partial charge in [-0.25, -0.2) is 4.98 Å². The van der Waals surface area contributed by atoms with E-state index in [2.05, 4.69) is 0 Å². The molecular formula is C25H21NO5. The number of pyridine rings is 1. The van der Waals surface area contributed by atoms with Gasteiger partial charge in [-0.15, -0.1) is 0 Å². The molecule has 0 amide bonds. The van der Waals surface area contributed by atoms with Crippen LogP contribution in [0, 0.1) is 5.92 Å². The zero-order chi connectivity index (χ0) is 22.0. The molecule has 0 radical (unpaired) electrons. The molecule has 0 bridgehead atoms. The number of hydrogen-bond acceptors (Lipinski definition) is 6. The van der Waals surface area contributed by atoms with Gasteiger partial charge in [0.1, 0.15) is 0 Å². The molecule has 31 heavy (non-hydrogen) atoms. The highest BCUT2D eigenvalue weighted by Crippen LogP contribution is 2.33. The molecule has 4 rings (SSSR count). The molecule has 0 spiro atoms. The minimum atomic E-state index is -1.69. The molecule has 0 N–H and O–H groups in total. The highest BCUT2D eigenvalue weighted by molar-refractivity contribution is 6.29. The minimum absolute atomic E-state index is 0.0461. The average molecular weight is 415 g/mol. The first-order chi connectivity index (χ1) is 15.1. The molecule has 6 heteroatoms. The number of para-hydroxylation sites is 1. The lowest BCUT2D eigenvalue weighted by Crippen LogP contribution is -2.35. The van der Waals surface area contributed by atoms with Gasteiger partial charge in [0.25, 0.3) is 0 Å². The van der Waals surface area contributed by atoms with E-state index in [-0.39, 0.29) is 18.8 Å². The van der Waals surface area contributed by atoms with Gasteiger partial charge in [0.05, 0.1) is 24.2 Å². The van der Waals surface area contributed by atoms with Crippen molar-refractivity contribution >= 4 is 50.3 Å². The van der Waals surface area contributed by atoms with Crippen LogP contribution in [0.2, 0.25) is 0 Å². The molecule has 0 fully saturated rings. The zero-order valence-corrected chi connectivity index (χ0v) is 17.3. The molecular weight excluding hydrogens is 394 g/mol. The number of nitrogens with zero attached hydrogens (tertiary/aromatic N) is 1. The summed E-state index contributed by atoms with van der Waals surface area (Å²) in [7, 11) is 0. The second-order valence-corrected chi connectivity index (χ2v) is 6.99. The van der Waals surface area contributed by atoms with Gasteiger partial charge in [0.15, 0.2) is 5.78 Å². The predicted molar refractivity (Wildman–Crippen MR) is 118 cm³/mol. The Morgan fingerprint density at radius 1 is 0.774 bits per heavy atom. The van der Waals surface area contributed by atoms with E-state index in [0.29, 0.717) is 21.8 Å². The zero-order valence-electron chi connectivity index (χ0n) is 17.3. The second-order valence-electron chi connectivity index (χ2n) is 6.99. The van der Waals surface area contributed by atoms with Crippen LogP contribution in [0.1, 0.15) is 24.2 Å². The van der Waals surface area contributed by atoms with Gasteiger partial charge in [-0.2, -0.15) is 0 Å². The number of carbonyl (C=O) groups is 3. The summed E-state index contributed by atoms with van der Waals surface area (Å²) in [6.45, 7) is 3.33. The number of ether oxygens (including phenoxy) is 2. The summed E-state index contributed by atoms with van der Waals surface area (Å²) in [5.41, 5.74) is 1.49. The first-order valence-electron chi connectivity index (χ1n) is 10.1. The van der Waals surface area contributed by atoms with Crippen molar-refractivity contribution in [1.29, 1.82) is 0 Å². The minimum Gasteiger partial charge on any atom is -0.465 e. The molecule has 0 saturated heterocycles. The molecule has 0 aliphatic carbocycles. The molecule has 3 aromatic carbocycles. The number of rotatable bonds is 6. The molecule has 156 valence electrons. The Balaban J connectivity index is 2.03. The van der Waals surface area contributed by atoms with E-state index in [4.69, 9.17) is 14.5 Å².